The number of anilines is 2. The summed E-state index contributed by atoms with van der Waals surface area (Å²) in [6.07, 6.45) is 6.71. The van der Waals surface area contributed by atoms with Crippen LogP contribution in [-0.4, -0.2) is 49.3 Å². The molecule has 0 aliphatic heterocycles. The zero-order chi connectivity index (χ0) is 27.7. The minimum Gasteiger partial charge on any atom is -0.396 e. The molecule has 1 aromatic carbocycles. The fourth-order valence-electron chi connectivity index (χ4n) is 5.56. The number of imidazole rings is 1. The van der Waals surface area contributed by atoms with E-state index in [2.05, 4.69) is 32.6 Å². The van der Waals surface area contributed by atoms with E-state index >= 15 is 0 Å². The van der Waals surface area contributed by atoms with Crippen LogP contribution >= 0.6 is 0 Å². The fourth-order valence-corrected chi connectivity index (χ4v) is 5.56. The molecular formula is C28H31F2N7O2. The van der Waals surface area contributed by atoms with Crippen LogP contribution in [-0.2, 0) is 11.2 Å². The van der Waals surface area contributed by atoms with E-state index in [1.807, 2.05) is 6.07 Å². The number of halogens is 2. The van der Waals surface area contributed by atoms with Crippen molar-refractivity contribution in [3.8, 4) is 11.3 Å². The van der Waals surface area contributed by atoms with Gasteiger partial charge in [-0.3, -0.25) is 9.78 Å². The van der Waals surface area contributed by atoms with Crippen molar-refractivity contribution in [2.24, 2.45) is 11.7 Å². The largest absolute Gasteiger partial charge is 0.396 e. The average Bonchev–Trinajstić information content (AvgIpc) is 3.28. The van der Waals surface area contributed by atoms with Crippen LogP contribution in [0.2, 0.25) is 0 Å². The quantitative estimate of drug-likeness (QED) is 0.284. The van der Waals surface area contributed by atoms with Gasteiger partial charge in [-0.2, -0.15) is 9.61 Å². The number of benzene rings is 1. The number of aliphatic hydroxyl groups is 1. The van der Waals surface area contributed by atoms with Crippen molar-refractivity contribution in [1.29, 1.82) is 0 Å². The number of aliphatic hydroxyl groups excluding tert-OH is 1. The second-order valence-corrected chi connectivity index (χ2v) is 10.2. The maximum Gasteiger partial charge on any atom is 0.229 e. The van der Waals surface area contributed by atoms with Crippen LogP contribution in [0.1, 0.15) is 43.7 Å². The Bertz CT molecular complexity index is 1470. The number of carbonyl (C=O) groups excluding carboxylic acids is 1. The lowest BCUT2D eigenvalue weighted by molar-refractivity contribution is -0.120. The van der Waals surface area contributed by atoms with E-state index in [0.717, 1.165) is 17.7 Å². The number of hydrogen-bond acceptors (Lipinski definition) is 7. The summed E-state index contributed by atoms with van der Waals surface area (Å²) in [7, 11) is 0. The highest BCUT2D eigenvalue weighted by Gasteiger charge is 2.35. The molecule has 0 spiro atoms. The Hall–Kier alpha value is -3.96. The first-order valence-electron chi connectivity index (χ1n) is 12.9. The van der Waals surface area contributed by atoms with Gasteiger partial charge in [-0.05, 0) is 72.6 Å². The molecule has 4 atom stereocenters. The number of nitrogens with two attached hydrogens (primary N) is 1. The number of nitrogens with one attached hydrogen (secondary N) is 2. The van der Waals surface area contributed by atoms with Gasteiger partial charge in [0, 0.05) is 31.8 Å². The van der Waals surface area contributed by atoms with Gasteiger partial charge >= 0.3 is 0 Å². The third-order valence-corrected chi connectivity index (χ3v) is 7.34. The lowest BCUT2D eigenvalue weighted by Gasteiger charge is -2.39. The zero-order valence-electron chi connectivity index (χ0n) is 21.7. The molecule has 39 heavy (non-hydrogen) atoms. The molecule has 4 aromatic rings. The summed E-state index contributed by atoms with van der Waals surface area (Å²) in [4.78, 5) is 20.4. The van der Waals surface area contributed by atoms with E-state index in [9.17, 15) is 13.6 Å². The summed E-state index contributed by atoms with van der Waals surface area (Å²) in [6.45, 7) is 3.38. The molecule has 0 saturated heterocycles. The molecule has 3 heterocycles. The molecule has 3 aromatic heterocycles. The number of amides is 1. The summed E-state index contributed by atoms with van der Waals surface area (Å²) in [6, 6.07) is 7.31. The Labute approximate surface area is 224 Å². The van der Waals surface area contributed by atoms with Crippen LogP contribution in [0.25, 0.3) is 16.8 Å². The molecule has 11 heteroatoms. The van der Waals surface area contributed by atoms with E-state index in [1.165, 1.54) is 23.6 Å². The second-order valence-electron chi connectivity index (χ2n) is 10.2. The van der Waals surface area contributed by atoms with Gasteiger partial charge in [0.25, 0.3) is 0 Å². The molecule has 1 fully saturated rings. The van der Waals surface area contributed by atoms with Crippen molar-refractivity contribution in [3.63, 3.8) is 0 Å². The lowest BCUT2D eigenvalue weighted by atomic mass is 9.73. The number of carbonyl (C=O) groups is 1. The highest BCUT2D eigenvalue weighted by Crippen LogP contribution is 2.39. The molecule has 5 N–H and O–H groups in total. The number of aromatic nitrogens is 4. The molecule has 0 bridgehead atoms. The Balaban J connectivity index is 1.45. The minimum atomic E-state index is -0.755. The first kappa shape index (κ1) is 26.6. The minimum absolute atomic E-state index is 0.0886. The number of nitrogens with zero attached hydrogens (tertiary/aromatic N) is 4. The van der Waals surface area contributed by atoms with Crippen LogP contribution < -0.4 is 16.4 Å². The Morgan fingerprint density at radius 1 is 1.18 bits per heavy atom. The summed E-state index contributed by atoms with van der Waals surface area (Å²) in [5.74, 6) is -0.937. The third-order valence-electron chi connectivity index (χ3n) is 7.34. The van der Waals surface area contributed by atoms with Gasteiger partial charge in [0.15, 0.2) is 0 Å². The summed E-state index contributed by atoms with van der Waals surface area (Å²) >= 11 is 0. The van der Waals surface area contributed by atoms with Gasteiger partial charge in [-0.25, -0.2) is 13.8 Å². The third kappa shape index (κ3) is 5.45. The zero-order valence-corrected chi connectivity index (χ0v) is 21.7. The van der Waals surface area contributed by atoms with Gasteiger partial charge in [-0.1, -0.05) is 6.92 Å². The molecule has 0 radical (unpaired) electrons. The SMILES string of the molecule is CC(=O)N[C@@H]1[C@H](N)C[C@H](c2ccncc2Nc2ncc3ccc(-c4c(F)cc(CCO)cc4F)nn23)C[C@@H]1C. The molecule has 0 unspecified atom stereocenters. The van der Waals surface area contributed by atoms with E-state index in [-0.39, 0.29) is 54.1 Å². The molecule has 1 aliphatic rings. The standard InChI is InChI=1S/C28H31F2N7O2/c1-15-9-18(12-23(31)27(15)34-16(2)39)20-5-7-32-14-25(20)35-28-33-13-19-3-4-24(36-37(19)28)26-21(29)10-17(6-8-38)11-22(26)30/h3-5,7,10-11,13-15,18,23,27,38H,6,8-9,12,31H2,1-2H3,(H,33,35)(H,34,39)/t15-,18+,23+,27-/m0/s1. The predicted octanol–water partition coefficient (Wildman–Crippen LogP) is 3.69. The molecular weight excluding hydrogens is 504 g/mol. The number of pyridine rings is 1. The van der Waals surface area contributed by atoms with E-state index in [4.69, 9.17) is 10.8 Å². The van der Waals surface area contributed by atoms with Gasteiger partial charge in [0.05, 0.1) is 34.9 Å². The fraction of sp³-hybridized carbons (Fsp3) is 0.357. The molecule has 9 nitrogen and oxygen atoms in total. The monoisotopic (exact) mass is 535 g/mol. The molecule has 1 amide bonds. The van der Waals surface area contributed by atoms with Crippen molar-refractivity contribution in [3.05, 3.63) is 71.7 Å². The van der Waals surface area contributed by atoms with Crippen LogP contribution in [0.4, 0.5) is 20.4 Å². The van der Waals surface area contributed by atoms with Crippen molar-refractivity contribution in [2.45, 2.75) is 51.1 Å². The number of rotatable bonds is 7. The van der Waals surface area contributed by atoms with E-state index < -0.39 is 11.6 Å². The van der Waals surface area contributed by atoms with Gasteiger partial charge in [-0.15, -0.1) is 0 Å². The van der Waals surface area contributed by atoms with Crippen molar-refractivity contribution in [1.82, 2.24) is 24.9 Å². The normalized spacial score (nSPS) is 21.2. The summed E-state index contributed by atoms with van der Waals surface area (Å²) in [5.41, 5.74) is 9.08. The van der Waals surface area contributed by atoms with Gasteiger partial charge in [0.2, 0.25) is 11.9 Å². The lowest BCUT2D eigenvalue weighted by Crippen LogP contribution is -2.54. The van der Waals surface area contributed by atoms with Crippen LogP contribution in [0.15, 0.2) is 48.9 Å². The second kappa shape index (κ2) is 11.0. The summed E-state index contributed by atoms with van der Waals surface area (Å²) < 4.78 is 31.2. The van der Waals surface area contributed by atoms with Gasteiger partial charge < -0.3 is 21.5 Å². The van der Waals surface area contributed by atoms with Crippen LogP contribution in [0.5, 0.6) is 0 Å². The number of hydrogen-bond donors (Lipinski definition) is 4. The smallest absolute Gasteiger partial charge is 0.229 e. The predicted molar refractivity (Wildman–Crippen MR) is 143 cm³/mol. The topological polar surface area (TPSA) is 130 Å². The van der Waals surface area contributed by atoms with Crippen LogP contribution in [0, 0.1) is 17.6 Å². The van der Waals surface area contributed by atoms with Gasteiger partial charge in [0.1, 0.15) is 11.6 Å². The van der Waals surface area contributed by atoms with Crippen molar-refractivity contribution < 1.29 is 18.7 Å². The highest BCUT2D eigenvalue weighted by molar-refractivity contribution is 5.73. The molecule has 204 valence electrons. The van der Waals surface area contributed by atoms with E-state index in [0.29, 0.717) is 23.4 Å². The molecule has 1 aliphatic carbocycles. The molecule has 1 saturated carbocycles. The first-order chi connectivity index (χ1) is 18.7. The number of fused-ring (bicyclic) bond motifs is 1. The Morgan fingerprint density at radius 3 is 2.64 bits per heavy atom. The van der Waals surface area contributed by atoms with E-state index in [1.54, 1.807) is 30.7 Å². The Morgan fingerprint density at radius 2 is 1.95 bits per heavy atom. The highest BCUT2D eigenvalue weighted by atomic mass is 19.1. The first-order valence-corrected chi connectivity index (χ1v) is 12.9. The van der Waals surface area contributed by atoms with Crippen LogP contribution in [0.3, 0.4) is 0 Å². The van der Waals surface area contributed by atoms with Crippen molar-refractivity contribution >= 4 is 23.1 Å². The maximum atomic E-state index is 14.9. The molecule has 5 rings (SSSR count). The summed E-state index contributed by atoms with van der Waals surface area (Å²) in [5, 5.41) is 19.9. The van der Waals surface area contributed by atoms with Crippen molar-refractivity contribution in [2.75, 3.05) is 11.9 Å². The maximum absolute atomic E-state index is 14.9. The Kier molecular flexibility index (Phi) is 7.53. The average molecular weight is 536 g/mol.